The molecule has 0 spiro atoms. The Labute approximate surface area is 404 Å². The molecule has 0 aliphatic heterocycles. The van der Waals surface area contributed by atoms with Crippen molar-refractivity contribution in [1.29, 1.82) is 0 Å². The first-order valence-electron chi connectivity index (χ1n) is 28.4. The van der Waals surface area contributed by atoms with Gasteiger partial charge in [0.25, 0.3) is 0 Å². The number of carbonyl (C=O) groups is 2. The van der Waals surface area contributed by atoms with Crippen LogP contribution in [-0.4, -0.2) is 46.9 Å². The normalized spacial score (nSPS) is 13.5. The van der Waals surface area contributed by atoms with E-state index >= 15 is 0 Å². The Bertz CT molecular complexity index is 1110. The van der Waals surface area contributed by atoms with Crippen molar-refractivity contribution in [3.05, 3.63) is 48.6 Å². The molecule has 0 heterocycles. The first-order chi connectivity index (χ1) is 32.0. The number of esters is 1. The topological polar surface area (TPSA) is 95.9 Å². The van der Waals surface area contributed by atoms with Gasteiger partial charge in [0.15, 0.2) is 0 Å². The number of amides is 1. The second-order valence-electron chi connectivity index (χ2n) is 19.4. The highest BCUT2D eigenvalue weighted by molar-refractivity contribution is 5.77. The molecule has 1 amide bonds. The van der Waals surface area contributed by atoms with Crippen molar-refractivity contribution < 1.29 is 24.5 Å². The molecule has 3 unspecified atom stereocenters. The summed E-state index contributed by atoms with van der Waals surface area (Å²) in [6.07, 6.45) is 64.7. The summed E-state index contributed by atoms with van der Waals surface area (Å²) in [5.41, 5.74) is 0. The Kier molecular flexibility index (Phi) is 51.0. The predicted octanol–water partition coefficient (Wildman–Crippen LogP) is 17.4. The van der Waals surface area contributed by atoms with Crippen LogP contribution in [-0.2, 0) is 14.3 Å². The van der Waals surface area contributed by atoms with Crippen molar-refractivity contribution in [2.45, 2.75) is 309 Å². The van der Waals surface area contributed by atoms with Gasteiger partial charge in [-0.25, -0.2) is 0 Å². The number of unbranched alkanes of at least 4 members (excludes halogenated alkanes) is 34. The molecule has 0 aromatic carbocycles. The molecule has 6 nitrogen and oxygen atoms in total. The van der Waals surface area contributed by atoms with E-state index < -0.39 is 18.2 Å². The standard InChI is InChI=1S/C59H109NO5/c1-4-7-10-13-16-19-22-25-27-29-30-33-36-39-42-45-48-51-57(62)56(54-61)60-58(63)53-55(50-47-44-41-38-35-32-24-21-18-15-12-9-6-3)65-59(64)52-49-46-43-40-37-34-31-28-26-23-20-17-14-11-8-5-2/h9,12,15,18,21,24,32,35,55-57,61-62H,4-8,10-11,13-14,16-17,19-20,22-23,25-31,33-34,36-54H2,1-3H3,(H,60,63)/b12-9+,18-15+,24-21+,35-32-. The van der Waals surface area contributed by atoms with E-state index in [0.29, 0.717) is 19.3 Å². The minimum absolute atomic E-state index is 0.0543. The summed E-state index contributed by atoms with van der Waals surface area (Å²) in [6.45, 7) is 6.37. The molecular weight excluding hydrogens is 803 g/mol. The van der Waals surface area contributed by atoms with E-state index in [4.69, 9.17) is 4.74 Å². The zero-order valence-corrected chi connectivity index (χ0v) is 43.4. The molecule has 0 aromatic heterocycles. The Hall–Kier alpha value is -2.18. The van der Waals surface area contributed by atoms with Gasteiger partial charge in [-0.15, -0.1) is 0 Å². The SMILES string of the molecule is CC/C=C/C=C/C=C/C=C\CCCCCC(CC(=O)NC(CO)C(O)CCCCCCCCCCCCCCCCCCC)OC(=O)CCCCCCCCCCCCCCCCCC. The second kappa shape index (κ2) is 52.8. The summed E-state index contributed by atoms with van der Waals surface area (Å²) in [7, 11) is 0. The third-order valence-electron chi connectivity index (χ3n) is 13.0. The average Bonchev–Trinajstić information content (AvgIpc) is 3.30. The van der Waals surface area contributed by atoms with E-state index in [0.717, 1.165) is 70.6 Å². The zero-order valence-electron chi connectivity index (χ0n) is 43.4. The van der Waals surface area contributed by atoms with Gasteiger partial charge in [0.05, 0.1) is 25.2 Å². The van der Waals surface area contributed by atoms with Crippen LogP contribution in [0.15, 0.2) is 48.6 Å². The Morgan fingerprint density at radius 3 is 1.26 bits per heavy atom. The van der Waals surface area contributed by atoms with E-state index in [-0.39, 0.29) is 24.9 Å². The highest BCUT2D eigenvalue weighted by Crippen LogP contribution is 2.18. The number of aliphatic hydroxyl groups is 2. The first-order valence-corrected chi connectivity index (χ1v) is 28.4. The summed E-state index contributed by atoms with van der Waals surface area (Å²) in [5, 5.41) is 23.9. The van der Waals surface area contributed by atoms with Crippen LogP contribution in [0.5, 0.6) is 0 Å². The van der Waals surface area contributed by atoms with Gasteiger partial charge < -0.3 is 20.3 Å². The summed E-state index contributed by atoms with van der Waals surface area (Å²) in [4.78, 5) is 26.2. The van der Waals surface area contributed by atoms with E-state index in [9.17, 15) is 19.8 Å². The van der Waals surface area contributed by atoms with Gasteiger partial charge in [-0.05, 0) is 44.9 Å². The van der Waals surface area contributed by atoms with Gasteiger partial charge in [-0.2, -0.15) is 0 Å². The predicted molar refractivity (Wildman–Crippen MR) is 282 cm³/mol. The maximum atomic E-state index is 13.2. The lowest BCUT2D eigenvalue weighted by Crippen LogP contribution is -2.46. The van der Waals surface area contributed by atoms with Crippen molar-refractivity contribution in [1.82, 2.24) is 5.32 Å². The highest BCUT2D eigenvalue weighted by Gasteiger charge is 2.24. The number of ether oxygens (including phenoxy) is 1. The number of rotatable bonds is 51. The zero-order chi connectivity index (χ0) is 47.4. The largest absolute Gasteiger partial charge is 0.462 e. The molecule has 0 radical (unpaired) electrons. The first kappa shape index (κ1) is 62.8. The van der Waals surface area contributed by atoms with Crippen LogP contribution >= 0.6 is 0 Å². The van der Waals surface area contributed by atoms with Gasteiger partial charge in [0.1, 0.15) is 6.10 Å². The van der Waals surface area contributed by atoms with Crippen LogP contribution in [0, 0.1) is 0 Å². The average molecular weight is 913 g/mol. The molecule has 0 aromatic rings. The van der Waals surface area contributed by atoms with Crippen molar-refractivity contribution in [3.8, 4) is 0 Å². The van der Waals surface area contributed by atoms with Crippen LogP contribution in [0.4, 0.5) is 0 Å². The Morgan fingerprint density at radius 2 is 0.831 bits per heavy atom. The molecule has 0 rings (SSSR count). The molecular formula is C59H109NO5. The molecule has 6 heteroatoms. The van der Waals surface area contributed by atoms with E-state index in [1.165, 1.54) is 173 Å². The summed E-state index contributed by atoms with van der Waals surface area (Å²) in [5.74, 6) is -0.501. The van der Waals surface area contributed by atoms with Crippen LogP contribution < -0.4 is 5.32 Å². The van der Waals surface area contributed by atoms with Crippen molar-refractivity contribution in [2.75, 3.05) is 6.61 Å². The van der Waals surface area contributed by atoms with E-state index in [2.05, 4.69) is 50.4 Å². The molecule has 380 valence electrons. The van der Waals surface area contributed by atoms with E-state index in [1.54, 1.807) is 0 Å². The molecule has 0 aliphatic rings. The smallest absolute Gasteiger partial charge is 0.306 e. The number of allylic oxidation sites excluding steroid dienone is 8. The number of hydrogen-bond acceptors (Lipinski definition) is 5. The number of hydrogen-bond donors (Lipinski definition) is 3. The molecule has 3 N–H and O–H groups in total. The second-order valence-corrected chi connectivity index (χ2v) is 19.4. The minimum atomic E-state index is -0.798. The Morgan fingerprint density at radius 1 is 0.462 bits per heavy atom. The molecule has 0 bridgehead atoms. The fourth-order valence-corrected chi connectivity index (χ4v) is 8.74. The maximum absolute atomic E-state index is 13.2. The number of carbonyl (C=O) groups excluding carboxylic acids is 2. The number of aliphatic hydroxyl groups excluding tert-OH is 2. The lowest BCUT2D eigenvalue weighted by Gasteiger charge is -2.24. The van der Waals surface area contributed by atoms with Gasteiger partial charge >= 0.3 is 5.97 Å². The van der Waals surface area contributed by atoms with Gasteiger partial charge in [-0.3, -0.25) is 9.59 Å². The highest BCUT2D eigenvalue weighted by atomic mass is 16.5. The van der Waals surface area contributed by atoms with Crippen LogP contribution in [0.2, 0.25) is 0 Å². The summed E-state index contributed by atoms with van der Waals surface area (Å²) >= 11 is 0. The summed E-state index contributed by atoms with van der Waals surface area (Å²) < 4.78 is 5.94. The molecule has 0 saturated heterocycles. The molecule has 0 fully saturated rings. The fraction of sp³-hybridized carbons (Fsp3) is 0.831. The maximum Gasteiger partial charge on any atom is 0.306 e. The van der Waals surface area contributed by atoms with Gasteiger partial charge in [0.2, 0.25) is 5.91 Å². The van der Waals surface area contributed by atoms with Crippen LogP contribution in [0.1, 0.15) is 290 Å². The lowest BCUT2D eigenvalue weighted by atomic mass is 10.0. The quantitative estimate of drug-likeness (QED) is 0.0321. The van der Waals surface area contributed by atoms with Crippen LogP contribution in [0.25, 0.3) is 0 Å². The third-order valence-corrected chi connectivity index (χ3v) is 13.0. The van der Waals surface area contributed by atoms with Crippen molar-refractivity contribution in [2.24, 2.45) is 0 Å². The minimum Gasteiger partial charge on any atom is -0.462 e. The van der Waals surface area contributed by atoms with E-state index in [1.807, 2.05) is 24.3 Å². The van der Waals surface area contributed by atoms with Crippen LogP contribution in [0.3, 0.4) is 0 Å². The lowest BCUT2D eigenvalue weighted by molar-refractivity contribution is -0.151. The van der Waals surface area contributed by atoms with Crippen molar-refractivity contribution >= 4 is 11.9 Å². The molecule has 3 atom stereocenters. The molecule has 0 saturated carbocycles. The third kappa shape index (κ3) is 48.1. The van der Waals surface area contributed by atoms with Gasteiger partial charge in [-0.1, -0.05) is 281 Å². The summed E-state index contributed by atoms with van der Waals surface area (Å²) in [6, 6.07) is -0.714. The monoisotopic (exact) mass is 912 g/mol. The molecule has 65 heavy (non-hydrogen) atoms. The fourth-order valence-electron chi connectivity index (χ4n) is 8.74. The van der Waals surface area contributed by atoms with Crippen molar-refractivity contribution in [3.63, 3.8) is 0 Å². The number of nitrogens with one attached hydrogen (secondary N) is 1. The molecule has 0 aliphatic carbocycles. The Balaban J connectivity index is 4.52. The van der Waals surface area contributed by atoms with Gasteiger partial charge in [0, 0.05) is 6.42 Å².